The van der Waals surface area contributed by atoms with Crippen LogP contribution in [0.15, 0.2) is 54.6 Å². The van der Waals surface area contributed by atoms with Crippen molar-refractivity contribution in [3.8, 4) is 28.0 Å². The molecule has 3 aromatic rings. The SMILES string of the molecule is Cc1c(-c2ccc(C(C)(C)C)cc2)cc(-c2ccc(C(C)(C)C)cc2)c(C)c1O. The number of hydrogen-bond donors (Lipinski definition) is 1. The van der Waals surface area contributed by atoms with Crippen molar-refractivity contribution in [2.45, 2.75) is 66.2 Å². The number of phenolic OH excluding ortho intramolecular Hbond substituents is 1. The monoisotopic (exact) mass is 386 g/mol. The fourth-order valence-corrected chi connectivity index (χ4v) is 3.80. The van der Waals surface area contributed by atoms with Crippen LogP contribution in [0.25, 0.3) is 22.3 Å². The molecule has 0 saturated heterocycles. The van der Waals surface area contributed by atoms with E-state index in [1.54, 1.807) is 0 Å². The van der Waals surface area contributed by atoms with Gasteiger partial charge in [-0.2, -0.15) is 0 Å². The van der Waals surface area contributed by atoms with Gasteiger partial charge in [-0.1, -0.05) is 90.1 Å². The third-order valence-electron chi connectivity index (χ3n) is 5.93. The summed E-state index contributed by atoms with van der Waals surface area (Å²) in [7, 11) is 0. The van der Waals surface area contributed by atoms with E-state index in [4.69, 9.17) is 0 Å². The molecule has 0 spiro atoms. The van der Waals surface area contributed by atoms with Crippen molar-refractivity contribution < 1.29 is 5.11 Å². The Morgan fingerprint density at radius 2 is 0.862 bits per heavy atom. The Hall–Kier alpha value is -2.54. The smallest absolute Gasteiger partial charge is 0.122 e. The maximum Gasteiger partial charge on any atom is 0.122 e. The summed E-state index contributed by atoms with van der Waals surface area (Å²) >= 11 is 0. The largest absolute Gasteiger partial charge is 0.507 e. The molecule has 3 aromatic carbocycles. The molecule has 1 nitrogen and oxygen atoms in total. The quantitative estimate of drug-likeness (QED) is 0.474. The van der Waals surface area contributed by atoms with Gasteiger partial charge >= 0.3 is 0 Å². The van der Waals surface area contributed by atoms with Crippen LogP contribution in [-0.2, 0) is 10.8 Å². The summed E-state index contributed by atoms with van der Waals surface area (Å²) in [4.78, 5) is 0. The van der Waals surface area contributed by atoms with E-state index in [0.717, 1.165) is 33.4 Å². The Bertz CT molecular complexity index is 927. The van der Waals surface area contributed by atoms with Crippen LogP contribution < -0.4 is 0 Å². The topological polar surface area (TPSA) is 20.2 Å². The van der Waals surface area contributed by atoms with Gasteiger partial charge in [0.15, 0.2) is 0 Å². The summed E-state index contributed by atoms with van der Waals surface area (Å²) in [5, 5.41) is 10.9. The number of aromatic hydroxyl groups is 1. The van der Waals surface area contributed by atoms with E-state index in [0.29, 0.717) is 5.75 Å². The molecule has 0 bridgehead atoms. The standard InChI is InChI=1S/C28H34O/c1-18-24(20-9-13-22(14-10-20)27(3,4)5)17-25(19(2)26(18)29)21-11-15-23(16-12-21)28(6,7)8/h9-17,29H,1-8H3. The van der Waals surface area contributed by atoms with Gasteiger partial charge in [0.1, 0.15) is 5.75 Å². The second kappa shape index (κ2) is 7.37. The molecule has 0 amide bonds. The summed E-state index contributed by atoms with van der Waals surface area (Å²) in [6.07, 6.45) is 0. The van der Waals surface area contributed by atoms with E-state index in [9.17, 15) is 5.11 Å². The van der Waals surface area contributed by atoms with E-state index in [2.05, 4.69) is 96.1 Å². The number of phenols is 1. The number of rotatable bonds is 2. The molecule has 3 rings (SSSR count). The molecule has 0 atom stereocenters. The first-order valence-corrected chi connectivity index (χ1v) is 10.4. The Kier molecular flexibility index (Phi) is 5.38. The molecule has 0 radical (unpaired) electrons. The number of benzene rings is 3. The first-order valence-electron chi connectivity index (χ1n) is 10.4. The van der Waals surface area contributed by atoms with E-state index < -0.39 is 0 Å². The minimum atomic E-state index is 0.128. The molecule has 0 unspecified atom stereocenters. The van der Waals surface area contributed by atoms with E-state index in [1.165, 1.54) is 11.1 Å². The van der Waals surface area contributed by atoms with Crippen LogP contribution in [0.2, 0.25) is 0 Å². The average Bonchev–Trinajstić information content (AvgIpc) is 2.65. The van der Waals surface area contributed by atoms with Crippen LogP contribution in [0.1, 0.15) is 63.8 Å². The highest BCUT2D eigenvalue weighted by molar-refractivity contribution is 5.81. The molecule has 152 valence electrons. The van der Waals surface area contributed by atoms with E-state index >= 15 is 0 Å². The lowest BCUT2D eigenvalue weighted by Gasteiger charge is -2.21. The molecule has 0 aliphatic rings. The lowest BCUT2D eigenvalue weighted by atomic mass is 9.84. The van der Waals surface area contributed by atoms with Crippen LogP contribution in [0.5, 0.6) is 5.75 Å². The molecule has 1 heteroatoms. The fourth-order valence-electron chi connectivity index (χ4n) is 3.80. The molecule has 0 saturated carbocycles. The molecule has 0 fully saturated rings. The van der Waals surface area contributed by atoms with Crippen molar-refractivity contribution in [3.63, 3.8) is 0 Å². The Morgan fingerprint density at radius 3 is 1.14 bits per heavy atom. The maximum absolute atomic E-state index is 10.9. The predicted octanol–water partition coefficient (Wildman–Crippen LogP) is 7.94. The van der Waals surface area contributed by atoms with Crippen molar-refractivity contribution in [2.24, 2.45) is 0 Å². The van der Waals surface area contributed by atoms with Gasteiger partial charge < -0.3 is 5.11 Å². The molecule has 0 aromatic heterocycles. The number of hydrogen-bond acceptors (Lipinski definition) is 1. The molecule has 0 heterocycles. The van der Waals surface area contributed by atoms with Gasteiger partial charge in [-0.05, 0) is 75.3 Å². The lowest BCUT2D eigenvalue weighted by Crippen LogP contribution is -2.10. The van der Waals surface area contributed by atoms with Crippen molar-refractivity contribution in [2.75, 3.05) is 0 Å². The van der Waals surface area contributed by atoms with Crippen LogP contribution in [0.4, 0.5) is 0 Å². The maximum atomic E-state index is 10.9. The first-order chi connectivity index (χ1) is 13.4. The van der Waals surface area contributed by atoms with E-state index in [1.807, 2.05) is 13.8 Å². The third kappa shape index (κ3) is 4.24. The van der Waals surface area contributed by atoms with Gasteiger partial charge in [0, 0.05) is 0 Å². The van der Waals surface area contributed by atoms with Crippen molar-refractivity contribution in [3.05, 3.63) is 76.9 Å². The van der Waals surface area contributed by atoms with Gasteiger partial charge in [-0.15, -0.1) is 0 Å². The van der Waals surface area contributed by atoms with Gasteiger partial charge in [-0.3, -0.25) is 0 Å². The molecule has 29 heavy (non-hydrogen) atoms. The lowest BCUT2D eigenvalue weighted by molar-refractivity contribution is 0.467. The summed E-state index contributed by atoms with van der Waals surface area (Å²) in [5.74, 6) is 0.386. The highest BCUT2D eigenvalue weighted by Gasteiger charge is 2.18. The molecular weight excluding hydrogens is 352 g/mol. The Balaban J connectivity index is 2.10. The summed E-state index contributed by atoms with van der Waals surface area (Å²) in [6, 6.07) is 19.7. The highest BCUT2D eigenvalue weighted by Crippen LogP contribution is 2.40. The van der Waals surface area contributed by atoms with E-state index in [-0.39, 0.29) is 10.8 Å². The third-order valence-corrected chi connectivity index (χ3v) is 5.93. The average molecular weight is 387 g/mol. The van der Waals surface area contributed by atoms with Gasteiger partial charge in [0.25, 0.3) is 0 Å². The Labute approximate surface area is 176 Å². The van der Waals surface area contributed by atoms with Crippen LogP contribution in [-0.4, -0.2) is 5.11 Å². The minimum absolute atomic E-state index is 0.128. The molecule has 1 N–H and O–H groups in total. The summed E-state index contributed by atoms with van der Waals surface area (Å²) in [5.41, 5.74) is 9.19. The zero-order valence-electron chi connectivity index (χ0n) is 19.1. The molecular formula is C28H34O. The van der Waals surface area contributed by atoms with Gasteiger partial charge in [0.2, 0.25) is 0 Å². The molecule has 0 aliphatic heterocycles. The summed E-state index contributed by atoms with van der Waals surface area (Å²) < 4.78 is 0. The predicted molar refractivity (Wildman–Crippen MR) is 126 cm³/mol. The van der Waals surface area contributed by atoms with Crippen molar-refractivity contribution in [1.29, 1.82) is 0 Å². The van der Waals surface area contributed by atoms with Crippen molar-refractivity contribution in [1.82, 2.24) is 0 Å². The zero-order valence-corrected chi connectivity index (χ0v) is 19.1. The minimum Gasteiger partial charge on any atom is -0.507 e. The van der Waals surface area contributed by atoms with Crippen LogP contribution in [0, 0.1) is 13.8 Å². The second-order valence-electron chi connectivity index (χ2n) is 10.2. The van der Waals surface area contributed by atoms with Crippen molar-refractivity contribution >= 4 is 0 Å². The van der Waals surface area contributed by atoms with Crippen LogP contribution >= 0.6 is 0 Å². The second-order valence-corrected chi connectivity index (χ2v) is 10.2. The van der Waals surface area contributed by atoms with Gasteiger partial charge in [-0.25, -0.2) is 0 Å². The Morgan fingerprint density at radius 1 is 0.552 bits per heavy atom. The highest BCUT2D eigenvalue weighted by atomic mass is 16.3. The first kappa shape index (κ1) is 21.2. The normalized spacial score (nSPS) is 12.3. The molecule has 0 aliphatic carbocycles. The van der Waals surface area contributed by atoms with Crippen LogP contribution in [0.3, 0.4) is 0 Å². The van der Waals surface area contributed by atoms with Gasteiger partial charge in [0.05, 0.1) is 0 Å². The summed E-state index contributed by atoms with van der Waals surface area (Å²) in [6.45, 7) is 17.4. The fraction of sp³-hybridized carbons (Fsp3) is 0.357. The zero-order chi connectivity index (χ0) is 21.6.